The fourth-order valence-corrected chi connectivity index (χ4v) is 4.05. The summed E-state index contributed by atoms with van der Waals surface area (Å²) in [5.41, 5.74) is 0.489. The molecule has 0 amide bonds. The van der Waals surface area contributed by atoms with Crippen LogP contribution in [-0.2, 0) is 28.8 Å². The van der Waals surface area contributed by atoms with Gasteiger partial charge in [0.25, 0.3) is 0 Å². The van der Waals surface area contributed by atoms with E-state index >= 15 is 0 Å². The average Bonchev–Trinajstić information content (AvgIpc) is 2.73. The van der Waals surface area contributed by atoms with Gasteiger partial charge < -0.3 is 0 Å². The van der Waals surface area contributed by atoms with Gasteiger partial charge in [0, 0.05) is 0 Å². The summed E-state index contributed by atoms with van der Waals surface area (Å²) in [5.74, 6) is 0. The van der Waals surface area contributed by atoms with E-state index in [0.29, 0.717) is 12.8 Å². The van der Waals surface area contributed by atoms with Crippen LogP contribution in [-0.4, -0.2) is 28.3 Å². The predicted molar refractivity (Wildman–Crippen MR) is 103 cm³/mol. The average molecular weight is 422 g/mol. The van der Waals surface area contributed by atoms with Crippen molar-refractivity contribution in [3.63, 3.8) is 0 Å². The largest absolute Gasteiger partial charge is 0.358 e. The summed E-state index contributed by atoms with van der Waals surface area (Å²) in [5, 5.41) is 7.42. The van der Waals surface area contributed by atoms with Crippen LogP contribution >= 0.6 is 0 Å². The molecule has 28 heavy (non-hydrogen) atoms. The van der Waals surface area contributed by atoms with Gasteiger partial charge in [0.15, 0.2) is 0 Å². The number of benzene rings is 2. The molecule has 1 saturated carbocycles. The van der Waals surface area contributed by atoms with E-state index < -0.39 is 20.2 Å². The van der Waals surface area contributed by atoms with Gasteiger partial charge in [-0.15, -0.1) is 0 Å². The van der Waals surface area contributed by atoms with Crippen molar-refractivity contribution in [3.05, 3.63) is 60.7 Å². The number of nitrogens with zero attached hydrogens (tertiary/aromatic N) is 2. The van der Waals surface area contributed by atoms with Crippen molar-refractivity contribution in [1.29, 1.82) is 0 Å². The molecule has 10 heteroatoms. The maximum absolute atomic E-state index is 12.2. The van der Waals surface area contributed by atoms with Crippen molar-refractivity contribution in [3.8, 4) is 0 Å². The minimum atomic E-state index is -4.07. The molecule has 148 valence electrons. The third kappa shape index (κ3) is 4.96. The molecule has 8 nitrogen and oxygen atoms in total. The van der Waals surface area contributed by atoms with Gasteiger partial charge >= 0.3 is 20.2 Å². The zero-order valence-electron chi connectivity index (χ0n) is 14.8. The number of rotatable bonds is 6. The lowest BCUT2D eigenvalue weighted by atomic mass is 9.97. The van der Waals surface area contributed by atoms with E-state index in [1.807, 2.05) is 0 Å². The van der Waals surface area contributed by atoms with Crippen molar-refractivity contribution < 1.29 is 25.4 Å². The Balaban J connectivity index is 1.79. The van der Waals surface area contributed by atoms with E-state index in [1.54, 1.807) is 36.4 Å². The molecule has 1 fully saturated rings. The van der Waals surface area contributed by atoms with E-state index in [4.69, 9.17) is 8.57 Å². The highest BCUT2D eigenvalue weighted by molar-refractivity contribution is 7.87. The van der Waals surface area contributed by atoms with Crippen molar-refractivity contribution in [2.75, 3.05) is 0 Å². The second kappa shape index (κ2) is 8.53. The first kappa shape index (κ1) is 20.0. The first-order chi connectivity index (χ1) is 13.4. The molecule has 0 radical (unpaired) electrons. The predicted octanol–water partition coefficient (Wildman–Crippen LogP) is 3.08. The fraction of sp³-hybridized carbons (Fsp3) is 0.222. The molecule has 0 heterocycles. The molecule has 0 spiro atoms. The van der Waals surface area contributed by atoms with E-state index in [0.717, 1.165) is 12.8 Å². The summed E-state index contributed by atoms with van der Waals surface area (Å²) in [7, 11) is -8.14. The van der Waals surface area contributed by atoms with Gasteiger partial charge in [0.05, 0.1) is 0 Å². The van der Waals surface area contributed by atoms with E-state index in [9.17, 15) is 16.8 Å². The van der Waals surface area contributed by atoms with Crippen molar-refractivity contribution in [1.82, 2.24) is 0 Å². The number of oxime groups is 2. The third-order valence-corrected chi connectivity index (χ3v) is 6.21. The van der Waals surface area contributed by atoms with Gasteiger partial charge in [0.1, 0.15) is 21.2 Å². The molecular weight excluding hydrogens is 404 g/mol. The summed E-state index contributed by atoms with van der Waals surface area (Å²) in [6, 6.07) is 15.2. The zero-order valence-corrected chi connectivity index (χ0v) is 16.4. The van der Waals surface area contributed by atoms with Crippen molar-refractivity contribution in [2.45, 2.75) is 35.5 Å². The first-order valence-corrected chi connectivity index (χ1v) is 11.3. The van der Waals surface area contributed by atoms with E-state index in [2.05, 4.69) is 10.3 Å². The van der Waals surface area contributed by atoms with Crippen LogP contribution in [0.3, 0.4) is 0 Å². The Labute approximate surface area is 163 Å². The topological polar surface area (TPSA) is 111 Å². The highest BCUT2D eigenvalue weighted by atomic mass is 32.2. The molecule has 2 aromatic carbocycles. The SMILES string of the molecule is O=S(=O)(O/N=C1/CCCC/C1=N\OS(=O)(=O)c1ccccc1)c1ccccc1. The highest BCUT2D eigenvalue weighted by Crippen LogP contribution is 2.18. The van der Waals surface area contributed by atoms with Gasteiger partial charge in [0.2, 0.25) is 0 Å². The molecule has 0 N–H and O–H groups in total. The van der Waals surface area contributed by atoms with E-state index in [-0.39, 0.29) is 21.2 Å². The molecule has 0 unspecified atom stereocenters. The number of hydrogen-bond donors (Lipinski definition) is 0. The quantitative estimate of drug-likeness (QED) is 0.662. The Kier molecular flexibility index (Phi) is 6.10. The van der Waals surface area contributed by atoms with Crippen LogP contribution in [0.4, 0.5) is 0 Å². The van der Waals surface area contributed by atoms with Crippen LogP contribution in [0, 0.1) is 0 Å². The van der Waals surface area contributed by atoms with Gasteiger partial charge in [-0.1, -0.05) is 46.7 Å². The maximum atomic E-state index is 12.2. The minimum Gasteiger partial charge on any atom is -0.264 e. The van der Waals surface area contributed by atoms with Gasteiger partial charge in [-0.2, -0.15) is 16.8 Å². The van der Waals surface area contributed by atoms with Crippen molar-refractivity contribution in [2.24, 2.45) is 10.3 Å². The Morgan fingerprint density at radius 2 is 0.964 bits per heavy atom. The van der Waals surface area contributed by atoms with Crippen LogP contribution in [0.1, 0.15) is 25.7 Å². The van der Waals surface area contributed by atoms with Crippen LogP contribution in [0.2, 0.25) is 0 Å². The first-order valence-electron chi connectivity index (χ1n) is 8.50. The zero-order chi connectivity index (χ0) is 20.0. The monoisotopic (exact) mass is 422 g/mol. The van der Waals surface area contributed by atoms with Crippen LogP contribution in [0.25, 0.3) is 0 Å². The Bertz CT molecular complexity index is 990. The summed E-state index contributed by atoms with van der Waals surface area (Å²) in [6.45, 7) is 0. The minimum absolute atomic E-state index is 0.0310. The number of hydrogen-bond acceptors (Lipinski definition) is 8. The molecule has 2 aromatic rings. The summed E-state index contributed by atoms with van der Waals surface area (Å²) in [4.78, 5) is -0.0619. The molecule has 1 aliphatic rings. The second-order valence-corrected chi connectivity index (χ2v) is 9.02. The molecule has 0 saturated heterocycles. The lowest BCUT2D eigenvalue weighted by Crippen LogP contribution is -2.21. The molecule has 0 aliphatic heterocycles. The summed E-state index contributed by atoms with van der Waals surface area (Å²) >= 11 is 0. The van der Waals surface area contributed by atoms with Crippen LogP contribution in [0.5, 0.6) is 0 Å². The smallest absolute Gasteiger partial charge is 0.264 e. The lowest BCUT2D eigenvalue weighted by Gasteiger charge is -2.14. The molecular formula is C18H18N2O6S2. The molecule has 0 atom stereocenters. The van der Waals surface area contributed by atoms with Gasteiger partial charge in [-0.05, 0) is 49.9 Å². The summed E-state index contributed by atoms with van der Waals surface area (Å²) in [6.07, 6.45) is 2.30. The molecule has 0 aromatic heterocycles. The van der Waals surface area contributed by atoms with Gasteiger partial charge in [-0.25, -0.2) is 0 Å². The normalized spacial score (nSPS) is 18.1. The molecule has 1 aliphatic carbocycles. The standard InChI is InChI=1S/C18H18N2O6S2/c21-27(22,15-9-3-1-4-10-15)25-19-17-13-7-8-14-18(17)20-26-28(23,24)16-11-5-2-6-12-16/h1-6,9-12H,7-8,13-14H2/b19-17-,20-18+. The maximum Gasteiger partial charge on any atom is 0.358 e. The van der Waals surface area contributed by atoms with Crippen molar-refractivity contribution >= 4 is 31.7 Å². The third-order valence-electron chi connectivity index (χ3n) is 3.97. The Hall–Kier alpha value is -2.72. The highest BCUT2D eigenvalue weighted by Gasteiger charge is 2.22. The Morgan fingerprint density at radius 1 is 0.607 bits per heavy atom. The Morgan fingerprint density at radius 3 is 1.32 bits per heavy atom. The molecule has 3 rings (SSSR count). The van der Waals surface area contributed by atoms with Gasteiger partial charge in [-0.3, -0.25) is 8.57 Å². The molecule has 0 bridgehead atoms. The van der Waals surface area contributed by atoms with Crippen LogP contribution in [0.15, 0.2) is 80.8 Å². The fourth-order valence-electron chi connectivity index (χ4n) is 2.52. The summed E-state index contributed by atoms with van der Waals surface area (Å²) < 4.78 is 58.3. The van der Waals surface area contributed by atoms with Crippen LogP contribution < -0.4 is 0 Å². The van der Waals surface area contributed by atoms with E-state index in [1.165, 1.54) is 24.3 Å². The lowest BCUT2D eigenvalue weighted by molar-refractivity contribution is 0.331. The second-order valence-electron chi connectivity index (χ2n) is 5.97.